The zero-order valence-corrected chi connectivity index (χ0v) is 13.8. The van der Waals surface area contributed by atoms with Crippen molar-refractivity contribution < 1.29 is 14.7 Å². The maximum atomic E-state index is 12.4. The number of aromatic amines is 1. The monoisotopic (exact) mass is 339 g/mol. The Bertz CT molecular complexity index is 918. The standard InChI is InChI=1S/C18H16N2O3S/c1-24-12-6-4-5-11(9-12)19-16(21)10-14-13-7-2-3-8-15(13)20-17(14)18(22)23/h2-9,20H,10H2,1H3,(H,19,21)(H,22,23)/p-1. The summed E-state index contributed by atoms with van der Waals surface area (Å²) >= 11 is 1.58. The van der Waals surface area contributed by atoms with Crippen molar-refractivity contribution >= 4 is 40.2 Å². The molecule has 24 heavy (non-hydrogen) atoms. The first-order valence-electron chi connectivity index (χ1n) is 7.33. The lowest BCUT2D eigenvalue weighted by Crippen LogP contribution is -2.25. The lowest BCUT2D eigenvalue weighted by Gasteiger charge is -2.08. The first kappa shape index (κ1) is 16.1. The second-order valence-electron chi connectivity index (χ2n) is 5.27. The highest BCUT2D eigenvalue weighted by molar-refractivity contribution is 7.98. The Hall–Kier alpha value is -2.73. The van der Waals surface area contributed by atoms with Crippen LogP contribution in [-0.4, -0.2) is 23.1 Å². The average molecular weight is 339 g/mol. The summed E-state index contributed by atoms with van der Waals surface area (Å²) in [7, 11) is 0. The molecule has 0 unspecified atom stereocenters. The van der Waals surface area contributed by atoms with Crippen LogP contribution in [0.5, 0.6) is 0 Å². The van der Waals surface area contributed by atoms with Gasteiger partial charge >= 0.3 is 0 Å². The molecule has 1 heterocycles. The fourth-order valence-corrected chi connectivity index (χ4v) is 3.08. The van der Waals surface area contributed by atoms with E-state index >= 15 is 0 Å². The Balaban J connectivity index is 1.87. The Morgan fingerprint density at radius 1 is 1.17 bits per heavy atom. The Morgan fingerprint density at radius 3 is 2.71 bits per heavy atom. The van der Waals surface area contributed by atoms with Gasteiger partial charge in [0.1, 0.15) is 0 Å². The third kappa shape index (κ3) is 3.28. The molecule has 0 saturated carbocycles. The number of aromatic nitrogens is 1. The zero-order chi connectivity index (χ0) is 17.1. The second kappa shape index (κ2) is 6.80. The molecule has 0 bridgehead atoms. The predicted octanol–water partition coefficient (Wildman–Crippen LogP) is 2.43. The molecule has 5 nitrogen and oxygen atoms in total. The number of rotatable bonds is 5. The van der Waals surface area contributed by atoms with E-state index in [1.807, 2.05) is 24.5 Å². The summed E-state index contributed by atoms with van der Waals surface area (Å²) in [5.41, 5.74) is 1.74. The van der Waals surface area contributed by atoms with Crippen molar-refractivity contribution in [1.82, 2.24) is 4.98 Å². The normalized spacial score (nSPS) is 10.7. The molecular weight excluding hydrogens is 324 g/mol. The summed E-state index contributed by atoms with van der Waals surface area (Å²) in [5.74, 6) is -1.60. The number of hydrogen-bond donors (Lipinski definition) is 2. The molecule has 0 atom stereocenters. The van der Waals surface area contributed by atoms with E-state index in [1.165, 1.54) is 0 Å². The highest BCUT2D eigenvalue weighted by Gasteiger charge is 2.15. The number of nitrogens with one attached hydrogen (secondary N) is 2. The van der Waals surface area contributed by atoms with Gasteiger partial charge in [-0.2, -0.15) is 0 Å². The summed E-state index contributed by atoms with van der Waals surface area (Å²) in [6.07, 6.45) is 1.91. The number of benzene rings is 2. The number of thioether (sulfide) groups is 1. The SMILES string of the molecule is CSc1cccc(NC(=O)Cc2c(C(=O)[O-])[nH]c3ccccc23)c1. The first-order valence-corrected chi connectivity index (χ1v) is 8.56. The van der Waals surface area contributed by atoms with Crippen LogP contribution < -0.4 is 10.4 Å². The van der Waals surface area contributed by atoms with Gasteiger partial charge in [-0.1, -0.05) is 24.3 Å². The first-order chi connectivity index (χ1) is 11.6. The molecule has 0 saturated heterocycles. The third-order valence-electron chi connectivity index (χ3n) is 3.71. The summed E-state index contributed by atoms with van der Waals surface area (Å²) in [4.78, 5) is 27.5. The molecule has 1 amide bonds. The molecule has 122 valence electrons. The van der Waals surface area contributed by atoms with Crippen LogP contribution in [0.15, 0.2) is 53.4 Å². The summed E-state index contributed by atoms with van der Waals surface area (Å²) in [5, 5.41) is 14.9. The maximum absolute atomic E-state index is 12.4. The molecule has 3 aromatic rings. The van der Waals surface area contributed by atoms with Gasteiger partial charge in [0.15, 0.2) is 0 Å². The number of amides is 1. The summed E-state index contributed by atoms with van der Waals surface area (Å²) in [6.45, 7) is 0. The van der Waals surface area contributed by atoms with E-state index in [0.29, 0.717) is 22.2 Å². The van der Waals surface area contributed by atoms with E-state index in [9.17, 15) is 14.7 Å². The van der Waals surface area contributed by atoms with E-state index in [0.717, 1.165) is 4.90 Å². The minimum Gasteiger partial charge on any atom is -0.543 e. The molecule has 0 aliphatic heterocycles. The summed E-state index contributed by atoms with van der Waals surface area (Å²) in [6, 6.07) is 14.6. The quantitative estimate of drug-likeness (QED) is 0.699. The molecule has 0 spiro atoms. The lowest BCUT2D eigenvalue weighted by molar-refractivity contribution is -0.255. The zero-order valence-electron chi connectivity index (χ0n) is 13.0. The van der Waals surface area contributed by atoms with Crippen LogP contribution in [0.4, 0.5) is 5.69 Å². The van der Waals surface area contributed by atoms with E-state index in [-0.39, 0.29) is 18.0 Å². The van der Waals surface area contributed by atoms with Crippen molar-refractivity contribution in [2.75, 3.05) is 11.6 Å². The number of H-pyrrole nitrogens is 1. The topological polar surface area (TPSA) is 85.0 Å². The van der Waals surface area contributed by atoms with Crippen molar-refractivity contribution in [3.05, 3.63) is 59.8 Å². The van der Waals surface area contributed by atoms with E-state index < -0.39 is 5.97 Å². The largest absolute Gasteiger partial charge is 0.543 e. The number of carboxylic acids is 1. The van der Waals surface area contributed by atoms with Crippen molar-refractivity contribution in [3.63, 3.8) is 0 Å². The fraction of sp³-hybridized carbons (Fsp3) is 0.111. The van der Waals surface area contributed by atoms with Crippen LogP contribution in [0, 0.1) is 0 Å². The molecule has 0 radical (unpaired) electrons. The number of carbonyl (C=O) groups excluding carboxylic acids is 2. The number of para-hydroxylation sites is 1. The molecule has 1 aromatic heterocycles. The molecule has 2 N–H and O–H groups in total. The number of carboxylic acid groups (broad SMARTS) is 1. The number of hydrogen-bond acceptors (Lipinski definition) is 4. The van der Waals surface area contributed by atoms with Crippen LogP contribution in [-0.2, 0) is 11.2 Å². The molecule has 2 aromatic carbocycles. The molecule has 6 heteroatoms. The van der Waals surface area contributed by atoms with Crippen LogP contribution in [0.2, 0.25) is 0 Å². The fourth-order valence-electron chi connectivity index (χ4n) is 2.62. The van der Waals surface area contributed by atoms with Crippen molar-refractivity contribution in [3.8, 4) is 0 Å². The number of fused-ring (bicyclic) bond motifs is 1. The van der Waals surface area contributed by atoms with Gasteiger partial charge in [-0.3, -0.25) is 4.79 Å². The Labute approximate surface area is 143 Å². The number of carbonyl (C=O) groups is 2. The third-order valence-corrected chi connectivity index (χ3v) is 4.43. The van der Waals surface area contributed by atoms with Gasteiger partial charge in [0.25, 0.3) is 0 Å². The minimum absolute atomic E-state index is 0.0448. The van der Waals surface area contributed by atoms with E-state index in [4.69, 9.17) is 0 Å². The number of aromatic carboxylic acids is 1. The smallest absolute Gasteiger partial charge is 0.228 e. The van der Waals surface area contributed by atoms with Crippen LogP contribution in [0.1, 0.15) is 16.1 Å². The average Bonchev–Trinajstić information content (AvgIpc) is 2.94. The van der Waals surface area contributed by atoms with Crippen molar-refractivity contribution in [2.45, 2.75) is 11.3 Å². The van der Waals surface area contributed by atoms with Gasteiger partial charge in [0.05, 0.1) is 18.1 Å². The molecule has 0 fully saturated rings. The number of anilines is 1. The lowest BCUT2D eigenvalue weighted by atomic mass is 10.1. The van der Waals surface area contributed by atoms with E-state index in [2.05, 4.69) is 10.3 Å². The van der Waals surface area contributed by atoms with E-state index in [1.54, 1.807) is 42.1 Å². The minimum atomic E-state index is -1.32. The predicted molar refractivity (Wildman–Crippen MR) is 93.2 cm³/mol. The van der Waals surface area contributed by atoms with Crippen LogP contribution in [0.25, 0.3) is 10.9 Å². The van der Waals surface area contributed by atoms with Gasteiger partial charge in [-0.05, 0) is 36.1 Å². The second-order valence-corrected chi connectivity index (χ2v) is 6.15. The maximum Gasteiger partial charge on any atom is 0.228 e. The van der Waals surface area contributed by atoms with Gasteiger partial charge in [-0.15, -0.1) is 11.8 Å². The molecule has 0 aliphatic carbocycles. The highest BCUT2D eigenvalue weighted by atomic mass is 32.2. The van der Waals surface area contributed by atoms with Gasteiger partial charge in [-0.25, -0.2) is 0 Å². The Morgan fingerprint density at radius 2 is 1.96 bits per heavy atom. The van der Waals surface area contributed by atoms with Crippen LogP contribution >= 0.6 is 11.8 Å². The van der Waals surface area contributed by atoms with Crippen molar-refractivity contribution in [2.24, 2.45) is 0 Å². The van der Waals surface area contributed by atoms with Crippen molar-refractivity contribution in [1.29, 1.82) is 0 Å². The molecule has 3 rings (SSSR count). The highest BCUT2D eigenvalue weighted by Crippen LogP contribution is 2.24. The van der Waals surface area contributed by atoms with Crippen LogP contribution in [0.3, 0.4) is 0 Å². The molecule has 0 aliphatic rings. The molecular formula is C18H15N2O3S-. The summed E-state index contributed by atoms with van der Waals surface area (Å²) < 4.78 is 0. The van der Waals surface area contributed by atoms with Gasteiger partial charge in [0, 0.05) is 21.5 Å². The Kier molecular flexibility index (Phi) is 4.57. The van der Waals surface area contributed by atoms with Gasteiger partial charge < -0.3 is 20.2 Å². The van der Waals surface area contributed by atoms with Gasteiger partial charge in [0.2, 0.25) is 5.91 Å².